The molecule has 0 fully saturated rings. The molecule has 0 aliphatic heterocycles. The number of carbonyl (C=O) groups is 1. The highest BCUT2D eigenvalue weighted by Gasteiger charge is 2.34. The molecule has 4 nitrogen and oxygen atoms in total. The molecule has 0 radical (unpaired) electrons. The normalized spacial score (nSPS) is 11.5. The summed E-state index contributed by atoms with van der Waals surface area (Å²) in [7, 11) is 0. The molecule has 1 amide bonds. The second-order valence-corrected chi connectivity index (χ2v) is 4.88. The zero-order valence-corrected chi connectivity index (χ0v) is 11.8. The molecule has 1 aromatic heterocycles. The molecule has 8 heteroatoms. The molecule has 0 unspecified atom stereocenters. The Morgan fingerprint density at radius 3 is 2.40 bits per heavy atom. The number of pyridine rings is 1. The molecule has 20 heavy (non-hydrogen) atoms. The SMILES string of the molecule is CC(C)N(CC(F)(F)F)C(=O)c1ccc(C(N)=S)cn1. The van der Waals surface area contributed by atoms with Gasteiger partial charge >= 0.3 is 6.18 Å². The van der Waals surface area contributed by atoms with E-state index in [2.05, 4.69) is 4.98 Å². The number of nitrogens with two attached hydrogens (primary N) is 1. The molecule has 0 saturated carbocycles. The first-order valence-electron chi connectivity index (χ1n) is 5.75. The van der Waals surface area contributed by atoms with Crippen LogP contribution in [0.2, 0.25) is 0 Å². The first kappa shape index (κ1) is 16.4. The topological polar surface area (TPSA) is 59.2 Å². The third-order valence-electron chi connectivity index (χ3n) is 2.50. The lowest BCUT2D eigenvalue weighted by atomic mass is 10.2. The van der Waals surface area contributed by atoms with Crippen molar-refractivity contribution in [3.05, 3.63) is 29.6 Å². The molecular weight excluding hydrogens is 291 g/mol. The van der Waals surface area contributed by atoms with Gasteiger partial charge in [0.25, 0.3) is 5.91 Å². The van der Waals surface area contributed by atoms with Gasteiger partial charge in [-0.1, -0.05) is 12.2 Å². The third kappa shape index (κ3) is 4.44. The van der Waals surface area contributed by atoms with E-state index in [9.17, 15) is 18.0 Å². The Balaban J connectivity index is 2.98. The van der Waals surface area contributed by atoms with E-state index in [1.54, 1.807) is 0 Å². The van der Waals surface area contributed by atoms with Crippen LogP contribution < -0.4 is 5.73 Å². The predicted octanol–water partition coefficient (Wildman–Crippen LogP) is 2.13. The Kier molecular flexibility index (Phi) is 5.04. The lowest BCUT2D eigenvalue weighted by Crippen LogP contribution is -2.43. The number of hydrogen-bond acceptors (Lipinski definition) is 3. The van der Waals surface area contributed by atoms with E-state index in [0.29, 0.717) is 10.5 Å². The highest BCUT2D eigenvalue weighted by atomic mass is 32.1. The van der Waals surface area contributed by atoms with Crippen molar-refractivity contribution in [2.24, 2.45) is 5.73 Å². The van der Waals surface area contributed by atoms with E-state index in [0.717, 1.165) is 0 Å². The average Bonchev–Trinajstić information content (AvgIpc) is 2.34. The maximum Gasteiger partial charge on any atom is 0.406 e. The van der Waals surface area contributed by atoms with Crippen molar-refractivity contribution in [2.75, 3.05) is 6.54 Å². The number of amides is 1. The molecule has 110 valence electrons. The number of hydrogen-bond donors (Lipinski definition) is 1. The van der Waals surface area contributed by atoms with Gasteiger partial charge in [-0.25, -0.2) is 0 Å². The van der Waals surface area contributed by atoms with Crippen molar-refractivity contribution < 1.29 is 18.0 Å². The smallest absolute Gasteiger partial charge is 0.389 e. The number of aromatic nitrogens is 1. The van der Waals surface area contributed by atoms with E-state index in [1.807, 2.05) is 0 Å². The Morgan fingerprint density at radius 2 is 2.05 bits per heavy atom. The van der Waals surface area contributed by atoms with E-state index in [4.69, 9.17) is 18.0 Å². The number of alkyl halides is 3. The van der Waals surface area contributed by atoms with Crippen LogP contribution in [0.5, 0.6) is 0 Å². The van der Waals surface area contributed by atoms with Crippen LogP contribution in [0.4, 0.5) is 13.2 Å². The lowest BCUT2D eigenvalue weighted by Gasteiger charge is -2.27. The molecular formula is C12H14F3N3OS. The first-order valence-corrected chi connectivity index (χ1v) is 6.16. The fourth-order valence-corrected chi connectivity index (χ4v) is 1.62. The van der Waals surface area contributed by atoms with Crippen LogP contribution in [0.1, 0.15) is 29.9 Å². The molecule has 0 spiro atoms. The summed E-state index contributed by atoms with van der Waals surface area (Å²) in [6.07, 6.45) is -3.19. The minimum absolute atomic E-state index is 0.0806. The summed E-state index contributed by atoms with van der Waals surface area (Å²) < 4.78 is 37.4. The zero-order chi connectivity index (χ0) is 15.5. The van der Waals surface area contributed by atoms with Gasteiger partial charge in [0.05, 0.1) is 0 Å². The number of halogens is 3. The van der Waals surface area contributed by atoms with Crippen LogP contribution in [-0.2, 0) is 0 Å². The van der Waals surface area contributed by atoms with Gasteiger partial charge in [-0.15, -0.1) is 0 Å². The summed E-state index contributed by atoms with van der Waals surface area (Å²) in [5.41, 5.74) is 5.75. The summed E-state index contributed by atoms with van der Waals surface area (Å²) in [6, 6.07) is 2.17. The van der Waals surface area contributed by atoms with Gasteiger partial charge in [-0.3, -0.25) is 9.78 Å². The quantitative estimate of drug-likeness (QED) is 0.866. The van der Waals surface area contributed by atoms with Crippen molar-refractivity contribution in [2.45, 2.75) is 26.1 Å². The van der Waals surface area contributed by atoms with Gasteiger partial charge in [0.15, 0.2) is 0 Å². The molecule has 0 aliphatic carbocycles. The van der Waals surface area contributed by atoms with Crippen molar-refractivity contribution in [3.8, 4) is 0 Å². The summed E-state index contributed by atoms with van der Waals surface area (Å²) in [6.45, 7) is 1.70. The van der Waals surface area contributed by atoms with Crippen LogP contribution in [0.3, 0.4) is 0 Å². The molecule has 0 aromatic carbocycles. The van der Waals surface area contributed by atoms with Gasteiger partial charge < -0.3 is 10.6 Å². The van der Waals surface area contributed by atoms with Crippen LogP contribution in [-0.4, -0.2) is 39.5 Å². The van der Waals surface area contributed by atoms with E-state index >= 15 is 0 Å². The van der Waals surface area contributed by atoms with Crippen LogP contribution in [0.25, 0.3) is 0 Å². The van der Waals surface area contributed by atoms with Crippen molar-refractivity contribution >= 4 is 23.1 Å². The van der Waals surface area contributed by atoms with Gasteiger partial charge in [0.2, 0.25) is 0 Å². The van der Waals surface area contributed by atoms with E-state index in [1.165, 1.54) is 32.2 Å². The van der Waals surface area contributed by atoms with Crippen LogP contribution in [0.15, 0.2) is 18.3 Å². The average molecular weight is 305 g/mol. The van der Waals surface area contributed by atoms with Crippen molar-refractivity contribution in [1.29, 1.82) is 0 Å². The van der Waals surface area contributed by atoms with Crippen LogP contribution in [0, 0.1) is 0 Å². The van der Waals surface area contributed by atoms with Crippen molar-refractivity contribution in [1.82, 2.24) is 9.88 Å². The number of rotatable bonds is 4. The highest BCUT2D eigenvalue weighted by molar-refractivity contribution is 7.80. The highest BCUT2D eigenvalue weighted by Crippen LogP contribution is 2.19. The van der Waals surface area contributed by atoms with Crippen LogP contribution >= 0.6 is 12.2 Å². The van der Waals surface area contributed by atoms with Gasteiger partial charge in [-0.2, -0.15) is 13.2 Å². The van der Waals surface area contributed by atoms with Gasteiger partial charge in [0, 0.05) is 17.8 Å². The fraction of sp³-hybridized carbons (Fsp3) is 0.417. The summed E-state index contributed by atoms with van der Waals surface area (Å²) in [5.74, 6) is -0.785. The molecule has 0 bridgehead atoms. The maximum absolute atomic E-state index is 12.5. The minimum Gasteiger partial charge on any atom is -0.389 e. The lowest BCUT2D eigenvalue weighted by molar-refractivity contribution is -0.143. The molecule has 1 aromatic rings. The first-order chi connectivity index (χ1) is 9.11. The molecule has 0 atom stereocenters. The number of thiocarbonyl (C=S) groups is 1. The molecule has 1 heterocycles. The number of nitrogens with zero attached hydrogens (tertiary/aromatic N) is 2. The second-order valence-electron chi connectivity index (χ2n) is 4.44. The molecule has 0 saturated heterocycles. The minimum atomic E-state index is -4.46. The maximum atomic E-state index is 12.5. The van der Waals surface area contributed by atoms with E-state index < -0.39 is 24.7 Å². The Hall–Kier alpha value is -1.70. The Bertz CT molecular complexity index is 500. The molecule has 2 N–H and O–H groups in total. The van der Waals surface area contributed by atoms with Crippen molar-refractivity contribution in [3.63, 3.8) is 0 Å². The Labute approximate surface area is 119 Å². The summed E-state index contributed by atoms with van der Waals surface area (Å²) in [4.78, 5) is 16.7. The third-order valence-corrected chi connectivity index (χ3v) is 2.74. The van der Waals surface area contributed by atoms with Gasteiger partial charge in [0.1, 0.15) is 17.2 Å². The molecule has 0 aliphatic rings. The zero-order valence-electron chi connectivity index (χ0n) is 10.9. The largest absolute Gasteiger partial charge is 0.406 e. The second kappa shape index (κ2) is 6.17. The fourth-order valence-electron chi connectivity index (χ4n) is 1.50. The monoisotopic (exact) mass is 305 g/mol. The van der Waals surface area contributed by atoms with Gasteiger partial charge in [-0.05, 0) is 26.0 Å². The Morgan fingerprint density at radius 1 is 1.45 bits per heavy atom. The summed E-state index contributed by atoms with van der Waals surface area (Å²) in [5, 5.41) is 0. The summed E-state index contributed by atoms with van der Waals surface area (Å²) >= 11 is 4.73. The standard InChI is InChI=1S/C12H14F3N3OS/c1-7(2)18(6-12(13,14)15)11(19)9-4-3-8(5-17-9)10(16)20/h3-5,7H,6H2,1-2H3,(H2,16,20). The number of carbonyl (C=O) groups excluding carboxylic acids is 1. The molecule has 1 rings (SSSR count). The predicted molar refractivity (Wildman–Crippen MR) is 72.4 cm³/mol. The van der Waals surface area contributed by atoms with E-state index in [-0.39, 0.29) is 10.7 Å².